The number of nitrogens with one attached hydrogen (secondary N) is 3. The molecule has 184 valence electrons. The lowest BCUT2D eigenvalue weighted by Gasteiger charge is -2.12. The topological polar surface area (TPSA) is 127 Å². The van der Waals surface area contributed by atoms with Crippen molar-refractivity contribution in [2.75, 3.05) is 10.6 Å². The predicted molar refractivity (Wildman–Crippen MR) is 135 cm³/mol. The highest BCUT2D eigenvalue weighted by Gasteiger charge is 2.24. The van der Waals surface area contributed by atoms with Gasteiger partial charge in [-0.3, -0.25) is 9.48 Å². The highest BCUT2D eigenvalue weighted by Crippen LogP contribution is 2.34. The fourth-order valence-electron chi connectivity index (χ4n) is 4.32. The third-order valence-electron chi connectivity index (χ3n) is 5.98. The number of hydrogen-bond donors (Lipinski definition) is 3. The van der Waals surface area contributed by atoms with Crippen LogP contribution in [-0.2, 0) is 13.0 Å². The lowest BCUT2D eigenvalue weighted by molar-refractivity contribution is 0.262. The van der Waals surface area contributed by atoms with Gasteiger partial charge in [-0.15, -0.1) is 0 Å². The molecule has 0 radical (unpaired) electrons. The zero-order chi connectivity index (χ0) is 25.4. The smallest absolute Gasteiger partial charge is 0.323 e. The number of H-pyrrole nitrogens is 1. The summed E-state index contributed by atoms with van der Waals surface area (Å²) in [6.07, 6.45) is 4.30. The van der Waals surface area contributed by atoms with Crippen molar-refractivity contribution in [3.8, 4) is 22.8 Å². The summed E-state index contributed by atoms with van der Waals surface area (Å²) in [6.45, 7) is 0.785. The molecule has 0 spiro atoms. The van der Waals surface area contributed by atoms with E-state index in [-0.39, 0.29) is 17.1 Å². The Balaban J connectivity index is 1.21. The number of benzene rings is 2. The normalized spacial score (nSPS) is 12.4. The van der Waals surface area contributed by atoms with E-state index in [2.05, 4.69) is 30.7 Å². The van der Waals surface area contributed by atoms with Gasteiger partial charge in [0.05, 0.1) is 23.3 Å². The molecule has 0 saturated carbocycles. The second-order valence-electron chi connectivity index (χ2n) is 8.44. The van der Waals surface area contributed by atoms with Crippen molar-refractivity contribution < 1.29 is 13.9 Å². The number of fused-ring (bicyclic) bond motifs is 2. The molecule has 2 amide bonds. The second kappa shape index (κ2) is 9.19. The average Bonchev–Trinajstić information content (AvgIpc) is 3.49. The minimum atomic E-state index is -0.684. The molecule has 3 aromatic heterocycles. The summed E-state index contributed by atoms with van der Waals surface area (Å²) < 4.78 is 22.6. The van der Waals surface area contributed by atoms with E-state index in [1.54, 1.807) is 6.07 Å². The molecule has 0 aliphatic carbocycles. The van der Waals surface area contributed by atoms with Crippen LogP contribution in [0.3, 0.4) is 0 Å². The van der Waals surface area contributed by atoms with Crippen molar-refractivity contribution in [3.63, 3.8) is 0 Å². The van der Waals surface area contributed by atoms with Crippen LogP contribution in [0.4, 0.5) is 20.6 Å². The van der Waals surface area contributed by atoms with Crippen LogP contribution < -0.4 is 20.9 Å². The first-order valence-electron chi connectivity index (χ1n) is 11.6. The Morgan fingerprint density at radius 2 is 1.95 bits per heavy atom. The van der Waals surface area contributed by atoms with E-state index in [4.69, 9.17) is 4.74 Å². The van der Waals surface area contributed by atoms with Crippen LogP contribution >= 0.6 is 0 Å². The zero-order valence-corrected chi connectivity index (χ0v) is 19.4. The van der Waals surface area contributed by atoms with Gasteiger partial charge >= 0.3 is 6.03 Å². The van der Waals surface area contributed by atoms with Gasteiger partial charge in [0.2, 0.25) is 0 Å². The summed E-state index contributed by atoms with van der Waals surface area (Å²) in [5, 5.41) is 10.1. The number of ether oxygens (including phenoxy) is 1. The standard InChI is InChI=1S/C26H20FN7O3/c27-17-13-16(37-20-10-11-28-25-24(20)29-14-21(35)31-25)8-9-18(17)30-26(36)32-23-19-7-4-12-34(19)33-22(23)15-5-2-1-3-6-15/h1-3,5-6,8-11,13-14H,4,7,12H2,(H,28,31,35)(H2,30,32,36). The van der Waals surface area contributed by atoms with Gasteiger partial charge in [0.25, 0.3) is 5.56 Å². The monoisotopic (exact) mass is 497 g/mol. The molecule has 6 rings (SSSR count). The van der Waals surface area contributed by atoms with Crippen LogP contribution in [-0.4, -0.2) is 30.8 Å². The molecule has 0 saturated heterocycles. The number of urea groups is 1. The van der Waals surface area contributed by atoms with Gasteiger partial charge in [0, 0.05) is 30.4 Å². The Bertz CT molecular complexity index is 1700. The maximum Gasteiger partial charge on any atom is 0.323 e. The molecule has 2 aromatic carbocycles. The molecule has 10 nitrogen and oxygen atoms in total. The molecular weight excluding hydrogens is 477 g/mol. The Hall–Kier alpha value is -5.06. The maximum atomic E-state index is 14.9. The van der Waals surface area contributed by atoms with Crippen LogP contribution in [0, 0.1) is 5.82 Å². The largest absolute Gasteiger partial charge is 0.455 e. The number of anilines is 2. The van der Waals surface area contributed by atoms with Crippen molar-refractivity contribution in [1.82, 2.24) is 24.7 Å². The first kappa shape index (κ1) is 22.4. The third kappa shape index (κ3) is 4.38. The second-order valence-corrected chi connectivity index (χ2v) is 8.44. The summed E-state index contributed by atoms with van der Waals surface area (Å²) in [6, 6.07) is 14.6. The number of aromatic nitrogens is 5. The number of amides is 2. The van der Waals surface area contributed by atoms with E-state index in [9.17, 15) is 14.0 Å². The third-order valence-corrected chi connectivity index (χ3v) is 5.98. The molecular formula is C26H20FN7O3. The highest BCUT2D eigenvalue weighted by atomic mass is 19.1. The van der Waals surface area contributed by atoms with Crippen molar-refractivity contribution in [1.29, 1.82) is 0 Å². The molecule has 0 unspecified atom stereocenters. The van der Waals surface area contributed by atoms with E-state index in [1.807, 2.05) is 35.0 Å². The quantitative estimate of drug-likeness (QED) is 0.323. The fourth-order valence-corrected chi connectivity index (χ4v) is 4.32. The van der Waals surface area contributed by atoms with Crippen LogP contribution in [0.1, 0.15) is 12.1 Å². The molecule has 37 heavy (non-hydrogen) atoms. The van der Waals surface area contributed by atoms with Crippen LogP contribution in [0.15, 0.2) is 71.8 Å². The number of nitrogens with zero attached hydrogens (tertiary/aromatic N) is 4. The number of hydrogen-bond acceptors (Lipinski definition) is 6. The van der Waals surface area contributed by atoms with Crippen LogP contribution in [0.5, 0.6) is 11.5 Å². The highest BCUT2D eigenvalue weighted by molar-refractivity contribution is 6.02. The molecule has 1 aliphatic heterocycles. The molecule has 0 atom stereocenters. The number of pyridine rings is 1. The minimum absolute atomic E-state index is 0.0167. The number of carbonyl (C=O) groups excluding carboxylic acids is 1. The summed E-state index contributed by atoms with van der Waals surface area (Å²) in [5.41, 5.74) is 3.29. The molecule has 11 heteroatoms. The Kier molecular flexibility index (Phi) is 5.56. The predicted octanol–water partition coefficient (Wildman–Crippen LogP) is 4.70. The fraction of sp³-hybridized carbons (Fsp3) is 0.115. The van der Waals surface area contributed by atoms with Gasteiger partial charge in [0.15, 0.2) is 11.4 Å². The molecule has 1 aliphatic rings. The van der Waals surface area contributed by atoms with Crippen molar-refractivity contribution >= 4 is 28.6 Å². The summed E-state index contributed by atoms with van der Waals surface area (Å²) in [4.78, 5) is 35.0. The number of carbonyl (C=O) groups is 1. The lowest BCUT2D eigenvalue weighted by Crippen LogP contribution is -2.21. The van der Waals surface area contributed by atoms with E-state index in [1.165, 1.54) is 18.3 Å². The van der Waals surface area contributed by atoms with Gasteiger partial charge in [-0.2, -0.15) is 5.10 Å². The van der Waals surface area contributed by atoms with E-state index < -0.39 is 17.4 Å². The van der Waals surface area contributed by atoms with E-state index in [0.717, 1.165) is 42.9 Å². The van der Waals surface area contributed by atoms with Crippen molar-refractivity contribution in [2.45, 2.75) is 19.4 Å². The van der Waals surface area contributed by atoms with Crippen LogP contribution in [0.2, 0.25) is 0 Å². The molecule has 5 aromatic rings. The lowest BCUT2D eigenvalue weighted by atomic mass is 10.1. The Morgan fingerprint density at radius 1 is 1.08 bits per heavy atom. The summed E-state index contributed by atoms with van der Waals surface area (Å²) in [7, 11) is 0. The number of halogens is 1. The SMILES string of the molecule is O=C(Nc1ccc(Oc2ccnc3[nH]c(=O)cnc23)cc1F)Nc1c(-c2ccccc2)nn2c1CCC2. The van der Waals surface area contributed by atoms with Gasteiger partial charge in [-0.25, -0.2) is 19.2 Å². The number of aromatic amines is 1. The van der Waals surface area contributed by atoms with E-state index in [0.29, 0.717) is 22.6 Å². The molecule has 3 N–H and O–H groups in total. The van der Waals surface area contributed by atoms with Crippen molar-refractivity contribution in [3.05, 3.63) is 88.9 Å². The van der Waals surface area contributed by atoms with E-state index >= 15 is 0 Å². The molecule has 0 bridgehead atoms. The van der Waals surface area contributed by atoms with Gasteiger partial charge in [-0.1, -0.05) is 30.3 Å². The van der Waals surface area contributed by atoms with Crippen molar-refractivity contribution in [2.24, 2.45) is 0 Å². The maximum absolute atomic E-state index is 14.9. The molecule has 4 heterocycles. The average molecular weight is 497 g/mol. The zero-order valence-electron chi connectivity index (χ0n) is 19.4. The minimum Gasteiger partial charge on any atom is -0.455 e. The molecule has 0 fully saturated rings. The summed E-state index contributed by atoms with van der Waals surface area (Å²) in [5.74, 6) is -0.205. The first-order valence-corrected chi connectivity index (χ1v) is 11.6. The Labute approximate surface area is 209 Å². The van der Waals surface area contributed by atoms with Gasteiger partial charge < -0.3 is 20.4 Å². The van der Waals surface area contributed by atoms with Gasteiger partial charge in [0.1, 0.15) is 22.8 Å². The first-order chi connectivity index (χ1) is 18.0. The summed E-state index contributed by atoms with van der Waals surface area (Å²) >= 11 is 0. The van der Waals surface area contributed by atoms with Gasteiger partial charge in [-0.05, 0) is 25.0 Å². The Morgan fingerprint density at radius 3 is 2.78 bits per heavy atom. The number of rotatable bonds is 5. The van der Waals surface area contributed by atoms with Crippen LogP contribution in [0.25, 0.3) is 22.4 Å². The number of aryl methyl sites for hydroxylation is 1.